The van der Waals surface area contributed by atoms with Gasteiger partial charge in [-0.1, -0.05) is 42.9 Å². The number of thiophene rings is 1. The standard InChI is InChI=1S/C22H21N3O4S2/c1-3-4-10-29-15-8-5-7-14(12-15)18-17(19(26)16-9-6-11-30-16)20(27)21(28)25(18)22-24-23-13(2)31-22/h5-9,11-12,18,27H,3-4,10H2,1-2H3. The minimum Gasteiger partial charge on any atom is -0.503 e. The van der Waals surface area contributed by atoms with Crippen LogP contribution in [0.15, 0.2) is 53.1 Å². The lowest BCUT2D eigenvalue weighted by Gasteiger charge is -2.24. The largest absolute Gasteiger partial charge is 0.503 e. The summed E-state index contributed by atoms with van der Waals surface area (Å²) in [5.74, 6) is -0.972. The van der Waals surface area contributed by atoms with E-state index in [-0.39, 0.29) is 11.4 Å². The molecule has 4 rings (SSSR count). The van der Waals surface area contributed by atoms with Gasteiger partial charge >= 0.3 is 0 Å². The van der Waals surface area contributed by atoms with Crippen molar-refractivity contribution < 1.29 is 19.4 Å². The fraction of sp³-hybridized carbons (Fsp3) is 0.273. The first-order chi connectivity index (χ1) is 15.0. The number of aliphatic hydroxyl groups excluding tert-OH is 1. The molecule has 1 aliphatic rings. The van der Waals surface area contributed by atoms with Crippen molar-refractivity contribution in [3.63, 3.8) is 0 Å². The quantitative estimate of drug-likeness (QED) is 0.385. The number of unbranched alkanes of at least 4 members (excludes halogenated alkanes) is 1. The summed E-state index contributed by atoms with van der Waals surface area (Å²) in [6.45, 7) is 4.44. The summed E-state index contributed by atoms with van der Waals surface area (Å²) in [6.07, 6.45) is 1.93. The highest BCUT2D eigenvalue weighted by Crippen LogP contribution is 2.43. The first kappa shape index (κ1) is 21.2. The lowest BCUT2D eigenvalue weighted by molar-refractivity contribution is -0.117. The van der Waals surface area contributed by atoms with Crippen LogP contribution in [0.2, 0.25) is 0 Å². The molecule has 1 aromatic carbocycles. The Hall–Kier alpha value is -3.04. The van der Waals surface area contributed by atoms with E-state index in [2.05, 4.69) is 17.1 Å². The van der Waals surface area contributed by atoms with Crippen molar-refractivity contribution in [3.8, 4) is 5.75 Å². The summed E-state index contributed by atoms with van der Waals surface area (Å²) >= 11 is 2.49. The van der Waals surface area contributed by atoms with Crippen molar-refractivity contribution in [2.24, 2.45) is 0 Å². The minimum atomic E-state index is -0.829. The Morgan fingerprint density at radius 3 is 2.77 bits per heavy atom. The molecule has 1 unspecified atom stereocenters. The third-order valence-corrected chi connectivity index (χ3v) is 6.57. The van der Waals surface area contributed by atoms with E-state index in [0.29, 0.717) is 32.9 Å². The number of ether oxygens (including phenoxy) is 1. The number of hydrogen-bond acceptors (Lipinski definition) is 8. The topological polar surface area (TPSA) is 92.6 Å². The molecule has 1 N–H and O–H groups in total. The first-order valence-electron chi connectivity index (χ1n) is 9.89. The molecule has 0 radical (unpaired) electrons. The van der Waals surface area contributed by atoms with Crippen molar-refractivity contribution in [1.82, 2.24) is 10.2 Å². The van der Waals surface area contributed by atoms with Crippen molar-refractivity contribution in [2.75, 3.05) is 11.5 Å². The molecule has 0 aliphatic carbocycles. The molecule has 0 saturated carbocycles. The molecule has 2 aromatic heterocycles. The minimum absolute atomic E-state index is 0.0333. The maximum atomic E-state index is 13.3. The third kappa shape index (κ3) is 4.11. The van der Waals surface area contributed by atoms with E-state index < -0.39 is 17.7 Å². The van der Waals surface area contributed by atoms with Gasteiger partial charge in [-0.3, -0.25) is 14.5 Å². The predicted octanol–water partition coefficient (Wildman–Crippen LogP) is 4.87. The highest BCUT2D eigenvalue weighted by molar-refractivity contribution is 7.15. The van der Waals surface area contributed by atoms with E-state index in [0.717, 1.165) is 12.8 Å². The van der Waals surface area contributed by atoms with Gasteiger partial charge < -0.3 is 9.84 Å². The van der Waals surface area contributed by atoms with Gasteiger partial charge in [0.25, 0.3) is 5.91 Å². The van der Waals surface area contributed by atoms with Gasteiger partial charge in [0.2, 0.25) is 10.9 Å². The Labute approximate surface area is 187 Å². The van der Waals surface area contributed by atoms with Crippen LogP contribution in [0.25, 0.3) is 0 Å². The summed E-state index contributed by atoms with van der Waals surface area (Å²) in [6, 6.07) is 9.86. The Balaban J connectivity index is 1.79. The maximum Gasteiger partial charge on any atom is 0.296 e. The summed E-state index contributed by atoms with van der Waals surface area (Å²) in [5, 5.41) is 21.6. The van der Waals surface area contributed by atoms with Crippen molar-refractivity contribution in [3.05, 3.63) is 68.6 Å². The normalized spacial score (nSPS) is 16.3. The number of rotatable bonds is 8. The van der Waals surface area contributed by atoms with Crippen LogP contribution in [0.4, 0.5) is 5.13 Å². The zero-order chi connectivity index (χ0) is 22.0. The number of carbonyl (C=O) groups is 2. The molecule has 0 spiro atoms. The predicted molar refractivity (Wildman–Crippen MR) is 120 cm³/mol. The molecular formula is C22H21N3O4S2. The van der Waals surface area contributed by atoms with E-state index in [4.69, 9.17) is 4.74 Å². The fourth-order valence-corrected chi connectivity index (χ4v) is 4.77. The van der Waals surface area contributed by atoms with E-state index >= 15 is 0 Å². The van der Waals surface area contributed by atoms with Gasteiger partial charge in [0.15, 0.2) is 5.76 Å². The number of benzene rings is 1. The van der Waals surface area contributed by atoms with Crippen LogP contribution in [-0.2, 0) is 4.79 Å². The summed E-state index contributed by atoms with van der Waals surface area (Å²) in [4.78, 5) is 28.1. The summed E-state index contributed by atoms with van der Waals surface area (Å²) in [5.41, 5.74) is 0.685. The van der Waals surface area contributed by atoms with Crippen LogP contribution in [0.1, 0.15) is 46.0 Å². The molecule has 7 nitrogen and oxygen atoms in total. The van der Waals surface area contributed by atoms with Crippen LogP contribution >= 0.6 is 22.7 Å². The molecule has 1 amide bonds. The van der Waals surface area contributed by atoms with E-state index in [1.165, 1.54) is 27.6 Å². The molecule has 160 valence electrons. The van der Waals surface area contributed by atoms with Gasteiger partial charge in [0, 0.05) is 0 Å². The van der Waals surface area contributed by atoms with Crippen LogP contribution in [0, 0.1) is 6.92 Å². The average molecular weight is 456 g/mol. The number of amides is 1. The lowest BCUT2D eigenvalue weighted by Crippen LogP contribution is -2.31. The molecular weight excluding hydrogens is 434 g/mol. The number of hydrogen-bond donors (Lipinski definition) is 1. The van der Waals surface area contributed by atoms with Gasteiger partial charge in [-0.15, -0.1) is 21.5 Å². The van der Waals surface area contributed by atoms with Crippen LogP contribution in [0.5, 0.6) is 5.75 Å². The Morgan fingerprint density at radius 1 is 1.26 bits per heavy atom. The van der Waals surface area contributed by atoms with Gasteiger partial charge in [0.05, 0.1) is 23.1 Å². The lowest BCUT2D eigenvalue weighted by atomic mass is 9.95. The van der Waals surface area contributed by atoms with E-state index in [1.807, 2.05) is 18.2 Å². The fourth-order valence-electron chi connectivity index (χ4n) is 3.38. The van der Waals surface area contributed by atoms with Crippen LogP contribution < -0.4 is 9.64 Å². The molecule has 9 heteroatoms. The second kappa shape index (κ2) is 8.99. The first-order valence-corrected chi connectivity index (χ1v) is 11.6. The monoisotopic (exact) mass is 455 g/mol. The van der Waals surface area contributed by atoms with Gasteiger partial charge in [-0.05, 0) is 42.5 Å². The molecule has 1 aliphatic heterocycles. The number of aromatic nitrogens is 2. The van der Waals surface area contributed by atoms with Gasteiger partial charge in [-0.2, -0.15) is 0 Å². The Morgan fingerprint density at radius 2 is 2.10 bits per heavy atom. The second-order valence-electron chi connectivity index (χ2n) is 7.02. The molecule has 3 aromatic rings. The zero-order valence-corrected chi connectivity index (χ0v) is 18.7. The van der Waals surface area contributed by atoms with E-state index in [1.54, 1.807) is 30.5 Å². The second-order valence-corrected chi connectivity index (χ2v) is 9.13. The number of Topliss-reactive ketones (excluding diaryl/α,β-unsaturated/α-hetero) is 1. The van der Waals surface area contributed by atoms with Crippen LogP contribution in [0.3, 0.4) is 0 Å². The Kier molecular flexibility index (Phi) is 6.15. The highest BCUT2D eigenvalue weighted by atomic mass is 32.1. The maximum absolute atomic E-state index is 13.3. The SMILES string of the molecule is CCCCOc1cccc(C2C(C(=O)c3cccs3)=C(O)C(=O)N2c2nnc(C)s2)c1. The smallest absolute Gasteiger partial charge is 0.296 e. The number of aliphatic hydroxyl groups is 1. The molecule has 0 fully saturated rings. The number of anilines is 1. The molecule has 3 heterocycles. The Bertz CT molecular complexity index is 1140. The number of ketones is 1. The summed E-state index contributed by atoms with van der Waals surface area (Å²) < 4.78 is 5.82. The van der Waals surface area contributed by atoms with Crippen molar-refractivity contribution in [1.29, 1.82) is 0 Å². The zero-order valence-electron chi connectivity index (χ0n) is 17.1. The van der Waals surface area contributed by atoms with Crippen molar-refractivity contribution in [2.45, 2.75) is 32.7 Å². The number of carbonyl (C=O) groups excluding carboxylic acids is 2. The average Bonchev–Trinajstić information content (AvgIpc) is 3.49. The van der Waals surface area contributed by atoms with Gasteiger partial charge in [0.1, 0.15) is 10.8 Å². The third-order valence-electron chi connectivity index (χ3n) is 4.86. The van der Waals surface area contributed by atoms with Crippen molar-refractivity contribution >= 4 is 39.5 Å². The highest BCUT2D eigenvalue weighted by Gasteiger charge is 2.46. The number of aryl methyl sites for hydroxylation is 1. The molecule has 0 saturated heterocycles. The van der Waals surface area contributed by atoms with E-state index in [9.17, 15) is 14.7 Å². The number of nitrogens with zero attached hydrogens (tertiary/aromatic N) is 3. The molecule has 31 heavy (non-hydrogen) atoms. The van der Waals surface area contributed by atoms with Crippen LogP contribution in [-0.4, -0.2) is 33.6 Å². The molecule has 1 atom stereocenters. The molecule has 0 bridgehead atoms. The summed E-state index contributed by atoms with van der Waals surface area (Å²) in [7, 11) is 0. The van der Waals surface area contributed by atoms with Gasteiger partial charge in [-0.25, -0.2) is 0 Å².